The first-order chi connectivity index (χ1) is 10.7. The van der Waals surface area contributed by atoms with Gasteiger partial charge in [0, 0.05) is 5.69 Å². The minimum atomic E-state index is -0.333. The van der Waals surface area contributed by atoms with E-state index in [0.29, 0.717) is 5.75 Å². The lowest BCUT2D eigenvalue weighted by Gasteiger charge is -2.08. The highest BCUT2D eigenvalue weighted by Gasteiger charge is 2.04. The van der Waals surface area contributed by atoms with Gasteiger partial charge in [-0.05, 0) is 54.8 Å². The number of benzene rings is 2. The molecule has 0 saturated heterocycles. The zero-order valence-corrected chi connectivity index (χ0v) is 12.6. The fourth-order valence-corrected chi connectivity index (χ4v) is 2.01. The number of anilines is 1. The van der Waals surface area contributed by atoms with Gasteiger partial charge in [0.15, 0.2) is 6.61 Å². The van der Waals surface area contributed by atoms with Crippen molar-refractivity contribution in [3.8, 4) is 5.75 Å². The molecule has 0 aromatic heterocycles. The van der Waals surface area contributed by atoms with E-state index in [0.717, 1.165) is 18.5 Å². The predicted octanol–water partition coefficient (Wildman–Crippen LogP) is 4.19. The first-order valence-electron chi connectivity index (χ1n) is 7.44. The third-order valence-corrected chi connectivity index (χ3v) is 3.24. The molecule has 0 aliphatic rings. The van der Waals surface area contributed by atoms with Gasteiger partial charge >= 0.3 is 0 Å². The van der Waals surface area contributed by atoms with Crippen LogP contribution in [-0.4, -0.2) is 12.5 Å². The average Bonchev–Trinajstić information content (AvgIpc) is 2.54. The van der Waals surface area contributed by atoms with Gasteiger partial charge in [0.25, 0.3) is 5.91 Å². The molecule has 0 atom stereocenters. The van der Waals surface area contributed by atoms with Crippen LogP contribution in [0.2, 0.25) is 0 Å². The molecule has 2 rings (SSSR count). The van der Waals surface area contributed by atoms with E-state index in [1.807, 2.05) is 24.3 Å². The highest BCUT2D eigenvalue weighted by atomic mass is 19.1. The molecule has 0 bridgehead atoms. The number of amides is 1. The molecule has 1 amide bonds. The van der Waals surface area contributed by atoms with Crippen molar-refractivity contribution in [3.63, 3.8) is 0 Å². The molecule has 0 spiro atoms. The van der Waals surface area contributed by atoms with E-state index < -0.39 is 0 Å². The fourth-order valence-electron chi connectivity index (χ4n) is 2.01. The van der Waals surface area contributed by atoms with Crippen molar-refractivity contribution in [3.05, 3.63) is 59.9 Å². The van der Waals surface area contributed by atoms with Crippen LogP contribution in [-0.2, 0) is 11.2 Å². The molecule has 2 aromatic carbocycles. The molecule has 2 aromatic rings. The Hall–Kier alpha value is -2.36. The van der Waals surface area contributed by atoms with Crippen LogP contribution in [0.25, 0.3) is 0 Å². The molecule has 4 heteroatoms. The van der Waals surface area contributed by atoms with E-state index in [4.69, 9.17) is 4.74 Å². The van der Waals surface area contributed by atoms with E-state index in [1.54, 1.807) is 0 Å². The number of hydrogen-bond donors (Lipinski definition) is 1. The zero-order valence-electron chi connectivity index (χ0n) is 12.6. The minimum Gasteiger partial charge on any atom is -0.484 e. The monoisotopic (exact) mass is 301 g/mol. The van der Waals surface area contributed by atoms with Crippen LogP contribution in [0.15, 0.2) is 48.5 Å². The van der Waals surface area contributed by atoms with Crippen molar-refractivity contribution in [2.24, 2.45) is 0 Å². The Kier molecular flexibility index (Phi) is 5.95. The number of hydrogen-bond acceptors (Lipinski definition) is 2. The van der Waals surface area contributed by atoms with Crippen LogP contribution in [0.1, 0.15) is 25.3 Å². The van der Waals surface area contributed by atoms with Crippen LogP contribution < -0.4 is 10.1 Å². The van der Waals surface area contributed by atoms with Crippen LogP contribution in [0, 0.1) is 5.82 Å². The lowest BCUT2D eigenvalue weighted by molar-refractivity contribution is -0.118. The van der Waals surface area contributed by atoms with E-state index in [1.165, 1.54) is 36.2 Å². The maximum atomic E-state index is 12.7. The largest absolute Gasteiger partial charge is 0.484 e. The summed E-state index contributed by atoms with van der Waals surface area (Å²) in [7, 11) is 0. The SMILES string of the molecule is CCCCc1ccc(NC(=O)COc2ccc(F)cc2)cc1. The van der Waals surface area contributed by atoms with Crippen LogP contribution in [0.4, 0.5) is 10.1 Å². The van der Waals surface area contributed by atoms with Crippen molar-refractivity contribution in [1.82, 2.24) is 0 Å². The standard InChI is InChI=1S/C18H20FNO2/c1-2-3-4-14-5-9-16(10-6-14)20-18(21)13-22-17-11-7-15(19)8-12-17/h5-12H,2-4,13H2,1H3,(H,20,21). The Morgan fingerprint density at radius 3 is 2.41 bits per heavy atom. The minimum absolute atomic E-state index is 0.108. The smallest absolute Gasteiger partial charge is 0.262 e. The van der Waals surface area contributed by atoms with Gasteiger partial charge in [-0.3, -0.25) is 4.79 Å². The first kappa shape index (κ1) is 16.0. The summed E-state index contributed by atoms with van der Waals surface area (Å²) in [6, 6.07) is 13.4. The van der Waals surface area contributed by atoms with Gasteiger partial charge in [-0.2, -0.15) is 0 Å². The molecule has 0 saturated carbocycles. The second-order valence-corrected chi connectivity index (χ2v) is 5.09. The number of rotatable bonds is 7. The zero-order chi connectivity index (χ0) is 15.8. The first-order valence-corrected chi connectivity index (χ1v) is 7.44. The second kappa shape index (κ2) is 8.17. The number of unbranched alkanes of at least 4 members (excludes halogenated alkanes) is 1. The molecule has 0 heterocycles. The summed E-state index contributed by atoms with van der Waals surface area (Å²) >= 11 is 0. The Labute approximate surface area is 130 Å². The Bertz CT molecular complexity index is 593. The van der Waals surface area contributed by atoms with Crippen molar-refractivity contribution in [2.45, 2.75) is 26.2 Å². The lowest BCUT2D eigenvalue weighted by atomic mass is 10.1. The number of aryl methyl sites for hydroxylation is 1. The highest BCUT2D eigenvalue weighted by Crippen LogP contribution is 2.13. The Morgan fingerprint density at radius 2 is 1.77 bits per heavy atom. The summed E-state index contributed by atoms with van der Waals surface area (Å²) in [5.41, 5.74) is 2.01. The Balaban J connectivity index is 1.80. The van der Waals surface area contributed by atoms with Crippen molar-refractivity contribution in [2.75, 3.05) is 11.9 Å². The topological polar surface area (TPSA) is 38.3 Å². The molecule has 116 valence electrons. The number of carbonyl (C=O) groups excluding carboxylic acids is 1. The second-order valence-electron chi connectivity index (χ2n) is 5.09. The van der Waals surface area contributed by atoms with Crippen molar-refractivity contribution in [1.29, 1.82) is 0 Å². The van der Waals surface area contributed by atoms with Gasteiger partial charge in [-0.25, -0.2) is 4.39 Å². The molecule has 0 unspecified atom stereocenters. The Morgan fingerprint density at radius 1 is 1.09 bits per heavy atom. The third-order valence-electron chi connectivity index (χ3n) is 3.24. The van der Waals surface area contributed by atoms with E-state index in [2.05, 4.69) is 12.2 Å². The molecule has 0 aliphatic heterocycles. The normalized spacial score (nSPS) is 10.3. The molecule has 22 heavy (non-hydrogen) atoms. The highest BCUT2D eigenvalue weighted by molar-refractivity contribution is 5.91. The molecule has 0 fully saturated rings. The van der Waals surface area contributed by atoms with E-state index in [-0.39, 0.29) is 18.3 Å². The summed E-state index contributed by atoms with van der Waals surface area (Å²) < 4.78 is 18.0. The van der Waals surface area contributed by atoms with Crippen LogP contribution >= 0.6 is 0 Å². The lowest BCUT2D eigenvalue weighted by Crippen LogP contribution is -2.20. The molecular weight excluding hydrogens is 281 g/mol. The van der Waals surface area contributed by atoms with Gasteiger partial charge in [0.1, 0.15) is 11.6 Å². The number of nitrogens with one attached hydrogen (secondary N) is 1. The number of carbonyl (C=O) groups is 1. The number of halogens is 1. The van der Waals surface area contributed by atoms with E-state index >= 15 is 0 Å². The maximum Gasteiger partial charge on any atom is 0.262 e. The summed E-state index contributed by atoms with van der Waals surface area (Å²) in [5, 5.41) is 2.77. The predicted molar refractivity (Wildman–Crippen MR) is 85.6 cm³/mol. The quantitative estimate of drug-likeness (QED) is 0.833. The summed E-state index contributed by atoms with van der Waals surface area (Å²) in [6.45, 7) is 2.05. The summed E-state index contributed by atoms with van der Waals surface area (Å²) in [4.78, 5) is 11.8. The van der Waals surface area contributed by atoms with Gasteiger partial charge < -0.3 is 10.1 Å². The molecule has 0 aliphatic carbocycles. The van der Waals surface area contributed by atoms with Gasteiger partial charge in [0.2, 0.25) is 0 Å². The summed E-state index contributed by atoms with van der Waals surface area (Å²) in [6.07, 6.45) is 3.38. The molecule has 0 radical (unpaired) electrons. The average molecular weight is 301 g/mol. The molecular formula is C18H20FNO2. The third kappa shape index (κ3) is 5.20. The number of ether oxygens (including phenoxy) is 1. The fraction of sp³-hybridized carbons (Fsp3) is 0.278. The molecule has 1 N–H and O–H groups in total. The van der Waals surface area contributed by atoms with Crippen molar-refractivity contribution >= 4 is 11.6 Å². The van der Waals surface area contributed by atoms with Crippen molar-refractivity contribution < 1.29 is 13.9 Å². The van der Waals surface area contributed by atoms with Crippen LogP contribution in [0.5, 0.6) is 5.75 Å². The van der Waals surface area contributed by atoms with Crippen LogP contribution in [0.3, 0.4) is 0 Å². The molecule has 3 nitrogen and oxygen atoms in total. The van der Waals surface area contributed by atoms with E-state index in [9.17, 15) is 9.18 Å². The van der Waals surface area contributed by atoms with Gasteiger partial charge in [-0.15, -0.1) is 0 Å². The summed E-state index contributed by atoms with van der Waals surface area (Å²) in [5.74, 6) is -0.114. The maximum absolute atomic E-state index is 12.7. The van der Waals surface area contributed by atoms with Gasteiger partial charge in [-0.1, -0.05) is 25.5 Å². The van der Waals surface area contributed by atoms with Gasteiger partial charge in [0.05, 0.1) is 0 Å².